The molecule has 0 atom stereocenters. The molecule has 0 unspecified atom stereocenters. The van der Waals surface area contributed by atoms with Crippen molar-refractivity contribution in [1.29, 1.82) is 0 Å². The van der Waals surface area contributed by atoms with Gasteiger partial charge in [-0.3, -0.25) is 0 Å². The molecule has 1 rings (SSSR count). The molecule has 1 radical (unpaired) electrons. The lowest BCUT2D eigenvalue weighted by molar-refractivity contribution is 0.385. The Morgan fingerprint density at radius 2 is 2.44 bits per heavy atom. The molecule has 0 aromatic heterocycles. The summed E-state index contributed by atoms with van der Waals surface area (Å²) in [5.41, 5.74) is 0. The van der Waals surface area contributed by atoms with Crippen LogP contribution < -0.4 is 4.74 Å². The first-order chi connectivity index (χ1) is 4.34. The van der Waals surface area contributed by atoms with Crippen LogP contribution in [-0.2, 0) is 0 Å². The summed E-state index contributed by atoms with van der Waals surface area (Å²) in [6.07, 6.45) is 0. The monoisotopic (exact) mass is 125 g/mol. The van der Waals surface area contributed by atoms with E-state index in [1.807, 2.05) is 0 Å². The number of hydrogen-bond acceptors (Lipinski definition) is 1. The Labute approximate surface area is 53.1 Å². The van der Waals surface area contributed by atoms with Gasteiger partial charge in [-0.15, -0.1) is 0 Å². The highest BCUT2D eigenvalue weighted by Crippen LogP contribution is 2.12. The van der Waals surface area contributed by atoms with E-state index in [1.165, 1.54) is 13.2 Å². The van der Waals surface area contributed by atoms with E-state index in [9.17, 15) is 4.39 Å². The van der Waals surface area contributed by atoms with Crippen LogP contribution in [0.4, 0.5) is 4.39 Å². The minimum Gasteiger partial charge on any atom is -0.493 e. The van der Waals surface area contributed by atoms with Crippen LogP contribution in [0.1, 0.15) is 0 Å². The summed E-state index contributed by atoms with van der Waals surface area (Å²) in [7, 11) is 1.41. The first kappa shape index (κ1) is 6.08. The number of benzene rings is 1. The number of rotatable bonds is 1. The molecule has 0 fully saturated rings. The van der Waals surface area contributed by atoms with Crippen LogP contribution in [0.3, 0.4) is 0 Å². The van der Waals surface area contributed by atoms with Gasteiger partial charge in [0.25, 0.3) is 0 Å². The second-order valence-corrected chi connectivity index (χ2v) is 1.55. The summed E-state index contributed by atoms with van der Waals surface area (Å²) in [5.74, 6) is -0.211. The van der Waals surface area contributed by atoms with Crippen LogP contribution in [0.2, 0.25) is 0 Å². The number of ether oxygens (including phenoxy) is 1. The fourth-order valence-electron chi connectivity index (χ4n) is 0.557. The Kier molecular flexibility index (Phi) is 1.68. The van der Waals surface area contributed by atoms with E-state index in [2.05, 4.69) is 10.8 Å². The van der Waals surface area contributed by atoms with Crippen molar-refractivity contribution in [3.05, 3.63) is 30.1 Å². The predicted molar refractivity (Wildman–Crippen MR) is 31.8 cm³/mol. The van der Waals surface area contributed by atoms with Crippen LogP contribution in [-0.4, -0.2) is 7.11 Å². The Bertz CT molecular complexity index is 198. The highest BCUT2D eigenvalue weighted by molar-refractivity contribution is 5.21. The molecule has 0 saturated carbocycles. The molecule has 0 aliphatic rings. The van der Waals surface area contributed by atoms with E-state index in [1.54, 1.807) is 12.1 Å². The van der Waals surface area contributed by atoms with Gasteiger partial charge in [0.05, 0.1) is 7.11 Å². The van der Waals surface area contributed by atoms with Gasteiger partial charge < -0.3 is 4.74 Å². The average Bonchev–Trinajstić information content (AvgIpc) is 1.89. The molecule has 0 aliphatic heterocycles. The number of halogens is 1. The maximum atomic E-state index is 12.4. The molecular formula is C7H6FO. The van der Waals surface area contributed by atoms with Crippen LogP contribution in [0.25, 0.3) is 0 Å². The molecule has 0 aliphatic carbocycles. The lowest BCUT2D eigenvalue weighted by atomic mass is 10.3. The zero-order valence-electron chi connectivity index (χ0n) is 5.02. The van der Waals surface area contributed by atoms with Crippen molar-refractivity contribution in [2.75, 3.05) is 7.11 Å². The molecule has 0 bridgehead atoms. The zero-order valence-corrected chi connectivity index (χ0v) is 5.02. The molecule has 47 valence electrons. The van der Waals surface area contributed by atoms with Gasteiger partial charge in [0, 0.05) is 6.07 Å². The van der Waals surface area contributed by atoms with Gasteiger partial charge in [-0.05, 0) is 6.07 Å². The fourth-order valence-corrected chi connectivity index (χ4v) is 0.557. The van der Waals surface area contributed by atoms with Crippen LogP contribution in [0, 0.1) is 11.9 Å². The lowest BCUT2D eigenvalue weighted by Gasteiger charge is -1.96. The summed E-state index contributed by atoms with van der Waals surface area (Å²) in [6.45, 7) is 0. The van der Waals surface area contributed by atoms with E-state index in [-0.39, 0.29) is 11.6 Å². The highest BCUT2D eigenvalue weighted by atomic mass is 19.1. The highest BCUT2D eigenvalue weighted by Gasteiger charge is 1.96. The van der Waals surface area contributed by atoms with Gasteiger partial charge in [-0.25, -0.2) is 4.39 Å². The molecular weight excluding hydrogens is 119 g/mol. The minimum absolute atomic E-state index is 0.164. The third-order valence-corrected chi connectivity index (χ3v) is 0.974. The summed E-state index contributed by atoms with van der Waals surface area (Å²) < 4.78 is 17.0. The molecule has 0 N–H and O–H groups in total. The summed E-state index contributed by atoms with van der Waals surface area (Å²) in [4.78, 5) is 0. The molecule has 0 spiro atoms. The summed E-state index contributed by atoms with van der Waals surface area (Å²) in [5, 5.41) is 0. The molecule has 0 saturated heterocycles. The third-order valence-electron chi connectivity index (χ3n) is 0.974. The molecule has 0 amide bonds. The van der Waals surface area contributed by atoms with Gasteiger partial charge >= 0.3 is 0 Å². The fraction of sp³-hybridized carbons (Fsp3) is 0.143. The lowest BCUT2D eigenvalue weighted by Crippen LogP contribution is -1.85. The topological polar surface area (TPSA) is 9.23 Å². The first-order valence-corrected chi connectivity index (χ1v) is 2.55. The summed E-state index contributed by atoms with van der Waals surface area (Å²) in [6, 6.07) is 7.08. The summed E-state index contributed by atoms with van der Waals surface area (Å²) >= 11 is 0. The first-order valence-electron chi connectivity index (χ1n) is 2.55. The van der Waals surface area contributed by atoms with E-state index in [4.69, 9.17) is 0 Å². The van der Waals surface area contributed by atoms with Gasteiger partial charge in [0.1, 0.15) is 0 Å². The minimum atomic E-state index is -0.375. The standard InChI is InChI=1S/C7H6FO/c1-9-7-5-3-2-4-6(7)8/h2-4H,1H3. The molecule has 1 aromatic rings. The molecule has 9 heavy (non-hydrogen) atoms. The van der Waals surface area contributed by atoms with Crippen LogP contribution in [0.15, 0.2) is 18.2 Å². The van der Waals surface area contributed by atoms with Crippen LogP contribution in [0.5, 0.6) is 5.75 Å². The number of methoxy groups -OCH3 is 1. The maximum Gasteiger partial charge on any atom is 0.165 e. The smallest absolute Gasteiger partial charge is 0.165 e. The van der Waals surface area contributed by atoms with Gasteiger partial charge in [-0.2, -0.15) is 0 Å². The van der Waals surface area contributed by atoms with Gasteiger partial charge in [0.15, 0.2) is 11.6 Å². The van der Waals surface area contributed by atoms with Crippen molar-refractivity contribution in [3.8, 4) is 5.75 Å². The molecule has 2 heteroatoms. The van der Waals surface area contributed by atoms with Crippen molar-refractivity contribution >= 4 is 0 Å². The van der Waals surface area contributed by atoms with E-state index < -0.39 is 0 Å². The second-order valence-electron chi connectivity index (χ2n) is 1.55. The number of hydrogen-bond donors (Lipinski definition) is 0. The average molecular weight is 125 g/mol. The zero-order chi connectivity index (χ0) is 6.69. The van der Waals surface area contributed by atoms with Crippen LogP contribution >= 0.6 is 0 Å². The van der Waals surface area contributed by atoms with Crippen molar-refractivity contribution in [2.24, 2.45) is 0 Å². The molecule has 0 heterocycles. The second kappa shape index (κ2) is 2.49. The maximum absolute atomic E-state index is 12.4. The van der Waals surface area contributed by atoms with Crippen molar-refractivity contribution < 1.29 is 9.13 Å². The molecule has 1 aromatic carbocycles. The Morgan fingerprint density at radius 1 is 1.67 bits per heavy atom. The van der Waals surface area contributed by atoms with E-state index in [0.717, 1.165) is 0 Å². The van der Waals surface area contributed by atoms with E-state index >= 15 is 0 Å². The quantitative estimate of drug-likeness (QED) is 0.554. The predicted octanol–water partition coefficient (Wildman–Crippen LogP) is 1.63. The number of para-hydroxylation sites is 1. The Hall–Kier alpha value is -1.05. The van der Waals surface area contributed by atoms with Crippen molar-refractivity contribution in [1.82, 2.24) is 0 Å². The van der Waals surface area contributed by atoms with E-state index in [0.29, 0.717) is 0 Å². The Balaban J connectivity index is 3.01. The van der Waals surface area contributed by atoms with Crippen molar-refractivity contribution in [2.45, 2.75) is 0 Å². The van der Waals surface area contributed by atoms with Gasteiger partial charge in [-0.1, -0.05) is 12.1 Å². The third kappa shape index (κ3) is 1.19. The normalized spacial score (nSPS) is 9.11. The largest absolute Gasteiger partial charge is 0.493 e. The SMILES string of the molecule is COc1[c]cccc1F. The van der Waals surface area contributed by atoms with Crippen molar-refractivity contribution in [3.63, 3.8) is 0 Å². The molecule has 1 nitrogen and oxygen atoms in total. The van der Waals surface area contributed by atoms with Gasteiger partial charge in [0.2, 0.25) is 0 Å². The Morgan fingerprint density at radius 3 is 2.89 bits per heavy atom.